The Labute approximate surface area is 220 Å². The monoisotopic (exact) mass is 559 g/mol. The van der Waals surface area contributed by atoms with Crippen molar-refractivity contribution in [3.63, 3.8) is 0 Å². The van der Waals surface area contributed by atoms with Crippen molar-refractivity contribution < 1.29 is 35.6 Å². The van der Waals surface area contributed by atoms with Crippen molar-refractivity contribution in [1.82, 2.24) is 10.2 Å². The molecule has 210 valence electrons. The van der Waals surface area contributed by atoms with Gasteiger partial charge < -0.3 is 10.2 Å². The lowest BCUT2D eigenvalue weighted by molar-refractivity contribution is -0.141. The first-order valence-corrected chi connectivity index (χ1v) is 13.7. The zero-order chi connectivity index (χ0) is 28.9. The number of halogens is 4. The number of carbonyl (C=O) groups is 2. The summed E-state index contributed by atoms with van der Waals surface area (Å²) in [5, 5.41) is 2.78. The van der Waals surface area contributed by atoms with Crippen LogP contribution in [-0.4, -0.2) is 49.5 Å². The van der Waals surface area contributed by atoms with Crippen molar-refractivity contribution in [2.45, 2.75) is 64.8 Å². The first-order chi connectivity index (χ1) is 17.4. The van der Waals surface area contributed by atoms with Crippen LogP contribution < -0.4 is 9.62 Å². The minimum Gasteiger partial charge on any atom is -0.350 e. The summed E-state index contributed by atoms with van der Waals surface area (Å²) in [5.41, 5.74) is -1.58. The topological polar surface area (TPSA) is 86.8 Å². The van der Waals surface area contributed by atoms with Gasteiger partial charge in [-0.2, -0.15) is 13.2 Å². The molecule has 0 fully saturated rings. The quantitative estimate of drug-likeness (QED) is 0.427. The summed E-state index contributed by atoms with van der Waals surface area (Å²) in [6, 6.07) is 8.74. The predicted molar refractivity (Wildman–Crippen MR) is 137 cm³/mol. The molecule has 0 saturated carbocycles. The maximum atomic E-state index is 14.4. The van der Waals surface area contributed by atoms with Crippen molar-refractivity contribution in [2.24, 2.45) is 0 Å². The fraction of sp³-hybridized carbons (Fsp3) is 0.462. The minimum atomic E-state index is -4.66. The van der Waals surface area contributed by atoms with Crippen LogP contribution in [0.25, 0.3) is 0 Å². The Morgan fingerprint density at radius 3 is 2.21 bits per heavy atom. The second-order valence-electron chi connectivity index (χ2n) is 10.0. The lowest BCUT2D eigenvalue weighted by Gasteiger charge is -2.32. The number of benzene rings is 2. The van der Waals surface area contributed by atoms with Crippen LogP contribution in [0.5, 0.6) is 0 Å². The van der Waals surface area contributed by atoms with Crippen LogP contribution in [0.15, 0.2) is 48.5 Å². The van der Waals surface area contributed by atoms with E-state index >= 15 is 0 Å². The van der Waals surface area contributed by atoms with Gasteiger partial charge in [-0.3, -0.25) is 13.9 Å². The summed E-state index contributed by atoms with van der Waals surface area (Å²) in [4.78, 5) is 27.2. The van der Waals surface area contributed by atoms with Gasteiger partial charge in [0.15, 0.2) is 0 Å². The van der Waals surface area contributed by atoms with Gasteiger partial charge >= 0.3 is 6.18 Å². The Hall–Kier alpha value is -3.15. The second-order valence-corrected chi connectivity index (χ2v) is 11.9. The van der Waals surface area contributed by atoms with Crippen molar-refractivity contribution >= 4 is 27.5 Å². The van der Waals surface area contributed by atoms with Gasteiger partial charge in [0.1, 0.15) is 11.9 Å². The molecule has 2 aromatic carbocycles. The number of carbonyl (C=O) groups excluding carboxylic acids is 2. The summed E-state index contributed by atoms with van der Waals surface area (Å²) >= 11 is 0. The molecule has 0 unspecified atom stereocenters. The average Bonchev–Trinajstić information content (AvgIpc) is 2.78. The first kappa shape index (κ1) is 31.1. The zero-order valence-electron chi connectivity index (χ0n) is 22.0. The fourth-order valence-electron chi connectivity index (χ4n) is 3.71. The van der Waals surface area contributed by atoms with E-state index in [1.54, 1.807) is 26.8 Å². The molecule has 2 aromatic rings. The molecule has 0 radical (unpaired) electrons. The van der Waals surface area contributed by atoms with Crippen molar-refractivity contribution in [1.29, 1.82) is 0 Å². The van der Waals surface area contributed by atoms with E-state index in [2.05, 4.69) is 5.32 Å². The third-order valence-corrected chi connectivity index (χ3v) is 6.77. The van der Waals surface area contributed by atoms with Crippen molar-refractivity contribution in [2.75, 3.05) is 17.1 Å². The number of anilines is 1. The normalized spacial score (nSPS) is 13.1. The predicted octanol–water partition coefficient (Wildman–Crippen LogP) is 4.72. The van der Waals surface area contributed by atoms with Gasteiger partial charge in [0.25, 0.3) is 0 Å². The van der Waals surface area contributed by atoms with Gasteiger partial charge in [0, 0.05) is 30.6 Å². The Balaban J connectivity index is 2.25. The minimum absolute atomic E-state index is 0.0521. The standard InChI is InChI=1S/C26H33F4N3O4S/c1-18(24(35)31-25(2,3)4)32(17-19-10-6-7-13-22(19)27)23(34)14-9-15-33(38(5,36)37)21-12-8-11-20(16-21)26(28,29)30/h6-8,10-13,16,18H,9,14-15,17H2,1-5H3,(H,31,35)/t18-/m0/s1. The van der Waals surface area contributed by atoms with Gasteiger partial charge in [-0.05, 0) is 58.4 Å². The number of sulfonamides is 1. The van der Waals surface area contributed by atoms with Gasteiger partial charge in [0.2, 0.25) is 21.8 Å². The number of nitrogens with one attached hydrogen (secondary N) is 1. The summed E-state index contributed by atoms with van der Waals surface area (Å²) in [6.07, 6.45) is -4.08. The number of rotatable bonds is 10. The van der Waals surface area contributed by atoms with E-state index in [4.69, 9.17) is 0 Å². The molecule has 7 nitrogen and oxygen atoms in total. The number of nitrogens with zero attached hydrogens (tertiary/aromatic N) is 2. The van der Waals surface area contributed by atoms with E-state index in [9.17, 15) is 35.6 Å². The van der Waals surface area contributed by atoms with E-state index in [0.29, 0.717) is 0 Å². The Morgan fingerprint density at radius 2 is 1.66 bits per heavy atom. The molecular weight excluding hydrogens is 526 g/mol. The molecule has 1 N–H and O–H groups in total. The molecule has 0 spiro atoms. The molecule has 0 aliphatic carbocycles. The van der Waals surface area contributed by atoms with Gasteiger partial charge in [-0.15, -0.1) is 0 Å². The molecule has 38 heavy (non-hydrogen) atoms. The highest BCUT2D eigenvalue weighted by Gasteiger charge is 2.32. The molecule has 2 rings (SSSR count). The van der Waals surface area contributed by atoms with Crippen LogP contribution in [0.2, 0.25) is 0 Å². The van der Waals surface area contributed by atoms with Gasteiger partial charge in [-0.25, -0.2) is 12.8 Å². The average molecular weight is 560 g/mol. The molecule has 0 saturated heterocycles. The highest BCUT2D eigenvalue weighted by atomic mass is 32.2. The van der Waals surface area contributed by atoms with Crippen LogP contribution in [0.3, 0.4) is 0 Å². The Morgan fingerprint density at radius 1 is 1.03 bits per heavy atom. The lowest BCUT2D eigenvalue weighted by Crippen LogP contribution is -2.52. The number of amides is 2. The highest BCUT2D eigenvalue weighted by molar-refractivity contribution is 7.92. The van der Waals surface area contributed by atoms with Crippen LogP contribution >= 0.6 is 0 Å². The summed E-state index contributed by atoms with van der Waals surface area (Å²) < 4.78 is 79.3. The van der Waals surface area contributed by atoms with Crippen LogP contribution in [0.4, 0.5) is 23.2 Å². The maximum absolute atomic E-state index is 14.4. The van der Waals surface area contributed by atoms with Crippen LogP contribution in [0.1, 0.15) is 51.7 Å². The van der Waals surface area contributed by atoms with Gasteiger partial charge in [-0.1, -0.05) is 24.3 Å². The number of hydrogen-bond donors (Lipinski definition) is 1. The van der Waals surface area contributed by atoms with Crippen molar-refractivity contribution in [3.05, 3.63) is 65.5 Å². The first-order valence-electron chi connectivity index (χ1n) is 11.9. The molecule has 0 aromatic heterocycles. The maximum Gasteiger partial charge on any atom is 0.416 e. The fourth-order valence-corrected chi connectivity index (χ4v) is 4.67. The molecular formula is C26H33F4N3O4S. The zero-order valence-corrected chi connectivity index (χ0v) is 22.8. The molecule has 0 bridgehead atoms. The van der Waals surface area contributed by atoms with E-state index in [1.165, 1.54) is 36.1 Å². The summed E-state index contributed by atoms with van der Waals surface area (Å²) in [5.74, 6) is -1.55. The van der Waals surface area contributed by atoms with E-state index in [1.807, 2.05) is 0 Å². The van der Waals surface area contributed by atoms with E-state index < -0.39 is 51.0 Å². The van der Waals surface area contributed by atoms with Crippen molar-refractivity contribution in [3.8, 4) is 0 Å². The SMILES string of the molecule is C[C@@H](C(=O)NC(C)(C)C)N(Cc1ccccc1F)C(=O)CCCN(c1cccc(C(F)(F)F)c1)S(C)(=O)=O. The summed E-state index contributed by atoms with van der Waals surface area (Å²) in [7, 11) is -3.98. The largest absolute Gasteiger partial charge is 0.416 e. The Kier molecular flexibility index (Phi) is 9.93. The lowest BCUT2D eigenvalue weighted by atomic mass is 10.1. The molecule has 0 aliphatic rings. The highest BCUT2D eigenvalue weighted by Crippen LogP contribution is 2.32. The smallest absolute Gasteiger partial charge is 0.350 e. The second kappa shape index (κ2) is 12.1. The number of hydrogen-bond acceptors (Lipinski definition) is 4. The Bertz CT molecular complexity index is 1240. The van der Waals surface area contributed by atoms with Crippen LogP contribution in [-0.2, 0) is 32.3 Å². The molecule has 0 aliphatic heterocycles. The third kappa shape index (κ3) is 9.00. The molecule has 0 heterocycles. The molecule has 2 amide bonds. The van der Waals surface area contributed by atoms with Crippen LogP contribution in [0, 0.1) is 5.82 Å². The van der Waals surface area contributed by atoms with E-state index in [-0.39, 0.29) is 37.2 Å². The third-order valence-electron chi connectivity index (χ3n) is 5.58. The molecule has 1 atom stereocenters. The van der Waals surface area contributed by atoms with Gasteiger partial charge in [0.05, 0.1) is 17.5 Å². The summed E-state index contributed by atoms with van der Waals surface area (Å²) in [6.45, 7) is 6.34. The number of alkyl halides is 3. The molecule has 12 heteroatoms. The van der Waals surface area contributed by atoms with E-state index in [0.717, 1.165) is 28.8 Å².